The second-order valence-corrected chi connectivity index (χ2v) is 4.24. The van der Waals surface area contributed by atoms with Crippen molar-refractivity contribution in [2.75, 3.05) is 19.1 Å². The summed E-state index contributed by atoms with van der Waals surface area (Å²) in [4.78, 5) is 17.8. The summed E-state index contributed by atoms with van der Waals surface area (Å²) in [5.74, 6) is 0.426. The molecule has 2 aromatic rings. The number of ether oxygens (including phenoxy) is 1. The summed E-state index contributed by atoms with van der Waals surface area (Å²) in [6.07, 6.45) is 1.55. The van der Waals surface area contributed by atoms with Gasteiger partial charge in [0.25, 0.3) is 0 Å². The molecule has 1 heterocycles. The molecule has 1 aromatic heterocycles. The molecule has 0 unspecified atom stereocenters. The average molecular weight is 256 g/mol. The minimum Gasteiger partial charge on any atom is -0.465 e. The number of esters is 1. The van der Waals surface area contributed by atoms with Gasteiger partial charge in [-0.25, -0.2) is 9.78 Å². The fourth-order valence-electron chi connectivity index (χ4n) is 1.83. The maximum absolute atomic E-state index is 11.5. The summed E-state index contributed by atoms with van der Waals surface area (Å²) in [5, 5.41) is 0. The van der Waals surface area contributed by atoms with Crippen LogP contribution in [0, 0.1) is 6.92 Å². The SMILES string of the molecule is COC(=O)c1cnc(N(C)c2ccccc2)cc1C. The van der Waals surface area contributed by atoms with Crippen LogP contribution >= 0.6 is 0 Å². The Labute approximate surface area is 112 Å². The summed E-state index contributed by atoms with van der Waals surface area (Å²) in [7, 11) is 3.31. The highest BCUT2D eigenvalue weighted by Crippen LogP contribution is 2.23. The Morgan fingerprint density at radius 1 is 1.26 bits per heavy atom. The highest BCUT2D eigenvalue weighted by Gasteiger charge is 2.12. The van der Waals surface area contributed by atoms with Gasteiger partial charge in [-0.1, -0.05) is 18.2 Å². The lowest BCUT2D eigenvalue weighted by Crippen LogP contribution is -2.13. The number of carbonyl (C=O) groups excluding carboxylic acids is 1. The number of aryl methyl sites for hydroxylation is 1. The largest absolute Gasteiger partial charge is 0.465 e. The van der Waals surface area contributed by atoms with Crippen molar-refractivity contribution in [2.45, 2.75) is 6.92 Å². The molecule has 19 heavy (non-hydrogen) atoms. The Balaban J connectivity index is 2.32. The lowest BCUT2D eigenvalue weighted by atomic mass is 10.1. The van der Waals surface area contributed by atoms with Crippen molar-refractivity contribution < 1.29 is 9.53 Å². The van der Waals surface area contributed by atoms with Crippen molar-refractivity contribution in [1.29, 1.82) is 0 Å². The maximum Gasteiger partial charge on any atom is 0.339 e. The van der Waals surface area contributed by atoms with Gasteiger partial charge in [0.2, 0.25) is 0 Å². The predicted molar refractivity (Wildman–Crippen MR) is 74.8 cm³/mol. The number of carbonyl (C=O) groups is 1. The third kappa shape index (κ3) is 2.73. The topological polar surface area (TPSA) is 42.4 Å². The monoisotopic (exact) mass is 256 g/mol. The lowest BCUT2D eigenvalue weighted by Gasteiger charge is -2.19. The highest BCUT2D eigenvalue weighted by molar-refractivity contribution is 5.91. The van der Waals surface area contributed by atoms with Crippen molar-refractivity contribution in [3.8, 4) is 0 Å². The van der Waals surface area contributed by atoms with E-state index in [0.29, 0.717) is 5.56 Å². The molecule has 0 atom stereocenters. The Kier molecular flexibility index (Phi) is 3.80. The van der Waals surface area contributed by atoms with E-state index >= 15 is 0 Å². The van der Waals surface area contributed by atoms with Crippen LogP contribution in [0.25, 0.3) is 0 Å². The standard InChI is InChI=1S/C15H16N2O2/c1-11-9-14(16-10-13(11)15(18)19-3)17(2)12-7-5-4-6-8-12/h4-10H,1-3H3. The molecule has 0 radical (unpaired) electrons. The molecule has 0 aliphatic rings. The van der Waals surface area contributed by atoms with Crippen LogP contribution in [-0.2, 0) is 4.74 Å². The molecular weight excluding hydrogens is 240 g/mol. The number of nitrogens with zero attached hydrogens (tertiary/aromatic N) is 2. The third-order valence-electron chi connectivity index (χ3n) is 2.99. The molecule has 0 saturated carbocycles. The first-order chi connectivity index (χ1) is 9.13. The van der Waals surface area contributed by atoms with E-state index in [1.54, 1.807) is 6.20 Å². The highest BCUT2D eigenvalue weighted by atomic mass is 16.5. The number of anilines is 2. The maximum atomic E-state index is 11.5. The molecule has 0 fully saturated rings. The van der Waals surface area contributed by atoms with Crippen molar-refractivity contribution >= 4 is 17.5 Å². The third-order valence-corrected chi connectivity index (χ3v) is 2.99. The summed E-state index contributed by atoms with van der Waals surface area (Å²) in [5.41, 5.74) is 2.38. The fourth-order valence-corrected chi connectivity index (χ4v) is 1.83. The van der Waals surface area contributed by atoms with E-state index in [0.717, 1.165) is 17.1 Å². The average Bonchev–Trinajstić information content (AvgIpc) is 2.46. The molecule has 0 amide bonds. The molecule has 0 bridgehead atoms. The molecule has 98 valence electrons. The van der Waals surface area contributed by atoms with E-state index in [9.17, 15) is 4.79 Å². The van der Waals surface area contributed by atoms with Crippen LogP contribution < -0.4 is 4.90 Å². The first-order valence-corrected chi connectivity index (χ1v) is 5.97. The molecule has 4 heteroatoms. The van der Waals surface area contributed by atoms with E-state index in [-0.39, 0.29) is 5.97 Å². The van der Waals surface area contributed by atoms with Gasteiger partial charge in [0, 0.05) is 18.9 Å². The number of methoxy groups -OCH3 is 1. The molecule has 0 saturated heterocycles. The van der Waals surface area contributed by atoms with Gasteiger partial charge < -0.3 is 9.64 Å². The number of rotatable bonds is 3. The molecule has 0 aliphatic heterocycles. The van der Waals surface area contributed by atoms with Gasteiger partial charge in [0.15, 0.2) is 0 Å². The number of pyridine rings is 1. The molecule has 4 nitrogen and oxygen atoms in total. The van der Waals surface area contributed by atoms with Crippen molar-refractivity contribution in [1.82, 2.24) is 4.98 Å². The molecule has 0 N–H and O–H groups in total. The van der Waals surface area contributed by atoms with E-state index in [2.05, 4.69) is 4.98 Å². The van der Waals surface area contributed by atoms with Crippen molar-refractivity contribution in [3.05, 3.63) is 53.7 Å². The summed E-state index contributed by atoms with van der Waals surface area (Å²) >= 11 is 0. The normalized spacial score (nSPS) is 10.1. The fraction of sp³-hybridized carbons (Fsp3) is 0.200. The number of hydrogen-bond acceptors (Lipinski definition) is 4. The number of aromatic nitrogens is 1. The lowest BCUT2D eigenvalue weighted by molar-refractivity contribution is 0.0599. The van der Waals surface area contributed by atoms with Crippen LogP contribution in [0.15, 0.2) is 42.6 Å². The van der Waals surface area contributed by atoms with Crippen LogP contribution in [0.3, 0.4) is 0 Å². The quantitative estimate of drug-likeness (QED) is 0.792. The minimum atomic E-state index is -0.362. The summed E-state index contributed by atoms with van der Waals surface area (Å²) < 4.78 is 4.71. The first-order valence-electron chi connectivity index (χ1n) is 5.97. The van der Waals surface area contributed by atoms with Gasteiger partial charge in [-0.2, -0.15) is 0 Å². The van der Waals surface area contributed by atoms with Crippen LogP contribution in [0.2, 0.25) is 0 Å². The van der Waals surface area contributed by atoms with E-state index < -0.39 is 0 Å². The molecule has 2 rings (SSSR count). The summed E-state index contributed by atoms with van der Waals surface area (Å²) in [6, 6.07) is 11.8. The second-order valence-electron chi connectivity index (χ2n) is 4.24. The molecule has 0 spiro atoms. The smallest absolute Gasteiger partial charge is 0.339 e. The minimum absolute atomic E-state index is 0.362. The zero-order valence-electron chi connectivity index (χ0n) is 11.3. The summed E-state index contributed by atoms with van der Waals surface area (Å²) in [6.45, 7) is 1.87. The molecule has 1 aromatic carbocycles. The Hall–Kier alpha value is -2.36. The zero-order valence-corrected chi connectivity index (χ0v) is 11.3. The zero-order chi connectivity index (χ0) is 13.8. The van der Waals surface area contributed by atoms with E-state index in [4.69, 9.17) is 4.74 Å². The molecular formula is C15H16N2O2. The van der Waals surface area contributed by atoms with Gasteiger partial charge >= 0.3 is 5.97 Å². The predicted octanol–water partition coefficient (Wildman–Crippen LogP) is 2.94. The van der Waals surface area contributed by atoms with Gasteiger partial charge in [0.05, 0.1) is 12.7 Å². The van der Waals surface area contributed by atoms with Crippen LogP contribution in [-0.4, -0.2) is 25.1 Å². The Bertz CT molecular complexity index is 582. The van der Waals surface area contributed by atoms with Crippen LogP contribution in [0.4, 0.5) is 11.5 Å². The van der Waals surface area contributed by atoms with Gasteiger partial charge in [-0.3, -0.25) is 0 Å². The Morgan fingerprint density at radius 2 is 1.95 bits per heavy atom. The van der Waals surface area contributed by atoms with Gasteiger partial charge in [-0.15, -0.1) is 0 Å². The van der Waals surface area contributed by atoms with Crippen molar-refractivity contribution in [3.63, 3.8) is 0 Å². The van der Waals surface area contributed by atoms with Crippen LogP contribution in [0.1, 0.15) is 15.9 Å². The molecule has 0 aliphatic carbocycles. The number of para-hydroxylation sites is 1. The van der Waals surface area contributed by atoms with E-state index in [1.807, 2.05) is 55.3 Å². The van der Waals surface area contributed by atoms with Gasteiger partial charge in [-0.05, 0) is 30.7 Å². The van der Waals surface area contributed by atoms with E-state index in [1.165, 1.54) is 7.11 Å². The van der Waals surface area contributed by atoms with Gasteiger partial charge in [0.1, 0.15) is 5.82 Å². The number of benzene rings is 1. The van der Waals surface area contributed by atoms with Crippen molar-refractivity contribution in [2.24, 2.45) is 0 Å². The second kappa shape index (κ2) is 5.52. The first kappa shape index (κ1) is 13.1. The Morgan fingerprint density at radius 3 is 2.53 bits per heavy atom. The number of hydrogen-bond donors (Lipinski definition) is 0. The van der Waals surface area contributed by atoms with Crippen LogP contribution in [0.5, 0.6) is 0 Å².